The van der Waals surface area contributed by atoms with E-state index in [1.165, 1.54) is 37.1 Å². The normalized spacial score (nSPS) is 15.0. The zero-order chi connectivity index (χ0) is 13.8. The van der Waals surface area contributed by atoms with Gasteiger partial charge in [-0.25, -0.2) is 0 Å². The van der Waals surface area contributed by atoms with Gasteiger partial charge in [-0.2, -0.15) is 0 Å². The first-order valence-corrected chi connectivity index (χ1v) is 7.27. The molecule has 1 fully saturated rings. The van der Waals surface area contributed by atoms with Crippen LogP contribution in [0.1, 0.15) is 46.1 Å². The van der Waals surface area contributed by atoms with Crippen molar-refractivity contribution in [1.82, 2.24) is 4.90 Å². The first kappa shape index (κ1) is 16.9. The van der Waals surface area contributed by atoms with Gasteiger partial charge in [0.2, 0.25) is 0 Å². The number of hydrogen-bond donors (Lipinski definition) is 0. The van der Waals surface area contributed by atoms with E-state index in [0.717, 1.165) is 6.54 Å². The van der Waals surface area contributed by atoms with E-state index in [9.17, 15) is 0 Å². The lowest BCUT2D eigenvalue weighted by Gasteiger charge is -2.27. The molecule has 0 aromatic heterocycles. The minimum absolute atomic E-state index is 1.09. The average Bonchev–Trinajstić information content (AvgIpc) is 2.47. The van der Waals surface area contributed by atoms with E-state index in [-0.39, 0.29) is 0 Å². The van der Waals surface area contributed by atoms with E-state index in [0.29, 0.717) is 0 Å². The molecule has 0 radical (unpaired) electrons. The fourth-order valence-corrected chi connectivity index (χ4v) is 1.87. The summed E-state index contributed by atoms with van der Waals surface area (Å²) in [6.07, 6.45) is 2.35. The van der Waals surface area contributed by atoms with Gasteiger partial charge in [0.1, 0.15) is 0 Å². The van der Waals surface area contributed by atoms with Crippen LogP contribution >= 0.6 is 0 Å². The predicted octanol–water partition coefficient (Wildman–Crippen LogP) is 4.89. The second kappa shape index (κ2) is 11.0. The summed E-state index contributed by atoms with van der Waals surface area (Å²) in [6, 6.07) is 10.7. The third-order valence-electron chi connectivity index (χ3n) is 2.81. The molecule has 0 spiro atoms. The molecule has 1 heteroatoms. The highest BCUT2D eigenvalue weighted by atomic mass is 15.1. The Balaban J connectivity index is 0.000000659. The lowest BCUT2D eigenvalue weighted by atomic mass is 10.1. The van der Waals surface area contributed by atoms with Crippen LogP contribution in [0.2, 0.25) is 0 Å². The maximum atomic E-state index is 4.03. The van der Waals surface area contributed by atoms with Crippen molar-refractivity contribution in [3.63, 3.8) is 0 Å². The van der Waals surface area contributed by atoms with Crippen molar-refractivity contribution in [2.24, 2.45) is 0 Å². The summed E-state index contributed by atoms with van der Waals surface area (Å²) < 4.78 is 0. The van der Waals surface area contributed by atoms with E-state index < -0.39 is 0 Å². The minimum atomic E-state index is 1.09. The maximum Gasteiger partial charge on any atom is 0.0233 e. The van der Waals surface area contributed by atoms with Gasteiger partial charge < -0.3 is 0 Å². The van der Waals surface area contributed by atoms with Crippen LogP contribution in [0.25, 0.3) is 0 Å². The van der Waals surface area contributed by atoms with Crippen molar-refractivity contribution < 1.29 is 0 Å². The molecule has 1 heterocycles. The van der Waals surface area contributed by atoms with Crippen LogP contribution in [0.3, 0.4) is 0 Å². The summed E-state index contributed by atoms with van der Waals surface area (Å²) in [7, 11) is 0. The van der Waals surface area contributed by atoms with E-state index in [2.05, 4.69) is 41.8 Å². The van der Waals surface area contributed by atoms with Gasteiger partial charge in [-0.3, -0.25) is 4.90 Å². The second-order valence-electron chi connectivity index (χ2n) is 4.01. The topological polar surface area (TPSA) is 3.24 Å². The molecule has 0 unspecified atom stereocenters. The van der Waals surface area contributed by atoms with E-state index in [4.69, 9.17) is 0 Å². The van der Waals surface area contributed by atoms with Crippen molar-refractivity contribution in [2.45, 2.75) is 47.1 Å². The zero-order valence-electron chi connectivity index (χ0n) is 12.6. The molecule has 1 aliphatic rings. The van der Waals surface area contributed by atoms with Gasteiger partial charge in [-0.15, -0.1) is 0 Å². The second-order valence-corrected chi connectivity index (χ2v) is 4.01. The van der Waals surface area contributed by atoms with Crippen LogP contribution in [0.4, 0.5) is 0 Å². The summed E-state index contributed by atoms with van der Waals surface area (Å²) >= 11 is 0. The molecule has 1 saturated heterocycles. The Morgan fingerprint density at radius 2 is 1.44 bits per heavy atom. The lowest BCUT2D eigenvalue weighted by Crippen LogP contribution is -2.29. The molecule has 0 atom stereocenters. The monoisotopic (exact) mass is 247 g/mol. The SMILES string of the molecule is C=C1CCN(Cc2ccccc2)CC1.CC.CC. The van der Waals surface area contributed by atoms with Crippen molar-refractivity contribution in [3.8, 4) is 0 Å². The highest BCUT2D eigenvalue weighted by Gasteiger charge is 2.11. The van der Waals surface area contributed by atoms with E-state index in [1.54, 1.807) is 0 Å². The Morgan fingerprint density at radius 3 is 1.94 bits per heavy atom. The molecule has 1 nitrogen and oxygen atoms in total. The van der Waals surface area contributed by atoms with Crippen molar-refractivity contribution in [2.75, 3.05) is 13.1 Å². The summed E-state index contributed by atoms with van der Waals surface area (Å²) in [6.45, 7) is 15.5. The van der Waals surface area contributed by atoms with Crippen molar-refractivity contribution in [3.05, 3.63) is 48.0 Å². The molecule has 0 N–H and O–H groups in total. The Labute approximate surface area is 114 Å². The third-order valence-corrected chi connectivity index (χ3v) is 2.81. The van der Waals surface area contributed by atoms with Crippen LogP contribution in [0.15, 0.2) is 42.5 Å². The number of nitrogens with zero attached hydrogens (tertiary/aromatic N) is 1. The van der Waals surface area contributed by atoms with E-state index >= 15 is 0 Å². The Hall–Kier alpha value is -1.08. The summed E-state index contributed by atoms with van der Waals surface area (Å²) in [5.41, 5.74) is 2.83. The molecule has 1 aliphatic heterocycles. The average molecular weight is 247 g/mol. The molecule has 0 bridgehead atoms. The molecule has 0 saturated carbocycles. The molecular weight excluding hydrogens is 218 g/mol. The molecule has 18 heavy (non-hydrogen) atoms. The molecule has 1 aromatic carbocycles. The van der Waals surface area contributed by atoms with Crippen molar-refractivity contribution in [1.29, 1.82) is 0 Å². The fourth-order valence-electron chi connectivity index (χ4n) is 1.87. The van der Waals surface area contributed by atoms with Gasteiger partial charge in [-0.1, -0.05) is 70.2 Å². The summed E-state index contributed by atoms with van der Waals surface area (Å²) in [5, 5.41) is 0. The quantitative estimate of drug-likeness (QED) is 0.672. The lowest BCUT2D eigenvalue weighted by molar-refractivity contribution is 0.248. The molecule has 102 valence electrons. The smallest absolute Gasteiger partial charge is 0.0233 e. The number of benzene rings is 1. The standard InChI is InChI=1S/C13H17N.2C2H6/c1-12-7-9-14(10-8-12)11-13-5-3-2-4-6-13;2*1-2/h2-6H,1,7-11H2;2*1-2H3. The Kier molecular flexibility index (Phi) is 10.4. The van der Waals surface area contributed by atoms with Crippen LogP contribution in [-0.4, -0.2) is 18.0 Å². The molecule has 0 aliphatic carbocycles. The highest BCUT2D eigenvalue weighted by molar-refractivity contribution is 5.14. The Morgan fingerprint density at radius 1 is 0.944 bits per heavy atom. The molecule has 0 amide bonds. The highest BCUT2D eigenvalue weighted by Crippen LogP contribution is 2.16. The molecule has 1 aromatic rings. The summed E-state index contributed by atoms with van der Waals surface area (Å²) in [5.74, 6) is 0. The zero-order valence-corrected chi connectivity index (χ0v) is 12.6. The summed E-state index contributed by atoms with van der Waals surface area (Å²) in [4.78, 5) is 2.50. The first-order valence-electron chi connectivity index (χ1n) is 7.27. The Bertz CT molecular complexity index is 293. The van der Waals surface area contributed by atoms with Gasteiger partial charge in [0.05, 0.1) is 0 Å². The van der Waals surface area contributed by atoms with Crippen LogP contribution < -0.4 is 0 Å². The minimum Gasteiger partial charge on any atom is -0.298 e. The van der Waals surface area contributed by atoms with E-state index in [1.807, 2.05) is 27.7 Å². The van der Waals surface area contributed by atoms with Gasteiger partial charge in [0, 0.05) is 19.6 Å². The van der Waals surface area contributed by atoms with Gasteiger partial charge in [0.15, 0.2) is 0 Å². The number of rotatable bonds is 2. The largest absolute Gasteiger partial charge is 0.298 e. The maximum absolute atomic E-state index is 4.03. The first-order chi connectivity index (χ1) is 8.84. The molecule has 2 rings (SSSR count). The van der Waals surface area contributed by atoms with Crippen molar-refractivity contribution >= 4 is 0 Å². The van der Waals surface area contributed by atoms with Gasteiger partial charge in [0.25, 0.3) is 0 Å². The number of piperidine rings is 1. The van der Waals surface area contributed by atoms with Crippen LogP contribution in [0.5, 0.6) is 0 Å². The fraction of sp³-hybridized carbons (Fsp3) is 0.529. The third kappa shape index (κ3) is 6.61. The number of hydrogen-bond acceptors (Lipinski definition) is 1. The number of likely N-dealkylation sites (tertiary alicyclic amines) is 1. The van der Waals surface area contributed by atoms with Crippen LogP contribution in [-0.2, 0) is 6.54 Å². The van der Waals surface area contributed by atoms with Crippen LogP contribution in [0, 0.1) is 0 Å². The predicted molar refractivity (Wildman–Crippen MR) is 82.8 cm³/mol. The van der Waals surface area contributed by atoms with Gasteiger partial charge >= 0.3 is 0 Å². The van der Waals surface area contributed by atoms with Gasteiger partial charge in [-0.05, 0) is 18.4 Å². The molecular formula is C17H29N.